The monoisotopic (exact) mass is 237 g/mol. The number of nitrogens with one attached hydrogen (secondary N) is 1. The van der Waals surface area contributed by atoms with Crippen molar-refractivity contribution in [1.29, 1.82) is 0 Å². The first-order chi connectivity index (χ1) is 8.00. The molecule has 1 aromatic heterocycles. The summed E-state index contributed by atoms with van der Waals surface area (Å²) in [5, 5.41) is 11.3. The molecule has 0 atom stereocenters. The molecule has 0 saturated carbocycles. The van der Waals surface area contributed by atoms with E-state index in [1.165, 1.54) is 0 Å². The van der Waals surface area contributed by atoms with Gasteiger partial charge in [0.05, 0.1) is 12.4 Å². The van der Waals surface area contributed by atoms with Crippen LogP contribution >= 0.6 is 0 Å². The number of hydrogen-bond acceptors (Lipinski definition) is 4. The topological polar surface area (TPSA) is 92.2 Å². The van der Waals surface area contributed by atoms with Gasteiger partial charge in [-0.2, -0.15) is 0 Å². The van der Waals surface area contributed by atoms with E-state index in [0.29, 0.717) is 12.5 Å². The molecule has 1 heterocycles. The van der Waals surface area contributed by atoms with Gasteiger partial charge in [0.1, 0.15) is 5.69 Å². The molecule has 92 valence electrons. The van der Waals surface area contributed by atoms with Crippen molar-refractivity contribution >= 4 is 11.9 Å². The van der Waals surface area contributed by atoms with Crippen molar-refractivity contribution in [1.82, 2.24) is 15.3 Å². The van der Waals surface area contributed by atoms with E-state index in [1.807, 2.05) is 0 Å². The highest BCUT2D eigenvalue weighted by molar-refractivity contribution is 5.92. The van der Waals surface area contributed by atoms with Crippen LogP contribution in [0, 0.1) is 5.92 Å². The van der Waals surface area contributed by atoms with Gasteiger partial charge in [0.15, 0.2) is 5.69 Å². The molecule has 0 aromatic carbocycles. The van der Waals surface area contributed by atoms with E-state index in [2.05, 4.69) is 29.1 Å². The summed E-state index contributed by atoms with van der Waals surface area (Å²) in [5.41, 5.74) is -0.0533. The quantitative estimate of drug-likeness (QED) is 0.795. The van der Waals surface area contributed by atoms with Crippen molar-refractivity contribution in [2.75, 3.05) is 6.54 Å². The molecule has 1 rings (SSSR count). The molecule has 0 spiro atoms. The number of aromatic carboxylic acids is 1. The third kappa shape index (κ3) is 4.18. The van der Waals surface area contributed by atoms with E-state index in [-0.39, 0.29) is 17.3 Å². The first kappa shape index (κ1) is 13.1. The zero-order valence-corrected chi connectivity index (χ0v) is 9.80. The third-order valence-electron chi connectivity index (χ3n) is 2.11. The van der Waals surface area contributed by atoms with Crippen LogP contribution in [-0.4, -0.2) is 33.5 Å². The van der Waals surface area contributed by atoms with Gasteiger partial charge < -0.3 is 10.4 Å². The van der Waals surface area contributed by atoms with Gasteiger partial charge in [-0.1, -0.05) is 13.8 Å². The van der Waals surface area contributed by atoms with Gasteiger partial charge in [-0.25, -0.2) is 14.8 Å². The number of aromatic nitrogens is 2. The number of hydrogen-bond donors (Lipinski definition) is 2. The molecule has 6 nitrogen and oxygen atoms in total. The maximum Gasteiger partial charge on any atom is 0.356 e. The molecular formula is C11H15N3O3. The first-order valence-corrected chi connectivity index (χ1v) is 5.34. The van der Waals surface area contributed by atoms with Gasteiger partial charge in [0, 0.05) is 6.54 Å². The average molecular weight is 237 g/mol. The van der Waals surface area contributed by atoms with Crippen LogP contribution in [0.5, 0.6) is 0 Å². The molecule has 0 aliphatic rings. The van der Waals surface area contributed by atoms with Gasteiger partial charge in [0.2, 0.25) is 0 Å². The number of carboxylic acids is 1. The van der Waals surface area contributed by atoms with E-state index in [9.17, 15) is 9.59 Å². The molecule has 0 radical (unpaired) electrons. The molecule has 1 amide bonds. The Morgan fingerprint density at radius 2 is 1.88 bits per heavy atom. The van der Waals surface area contributed by atoms with Crippen molar-refractivity contribution in [3.8, 4) is 0 Å². The SMILES string of the molecule is CC(C)CCNC(=O)c1cnc(C(=O)O)cn1. The van der Waals surface area contributed by atoms with Crippen molar-refractivity contribution in [3.63, 3.8) is 0 Å². The summed E-state index contributed by atoms with van der Waals surface area (Å²) < 4.78 is 0. The first-order valence-electron chi connectivity index (χ1n) is 5.34. The van der Waals surface area contributed by atoms with E-state index in [4.69, 9.17) is 5.11 Å². The Hall–Kier alpha value is -1.98. The predicted molar refractivity (Wildman–Crippen MR) is 60.8 cm³/mol. The van der Waals surface area contributed by atoms with Crippen LogP contribution in [0.25, 0.3) is 0 Å². The Morgan fingerprint density at radius 1 is 1.29 bits per heavy atom. The maximum atomic E-state index is 11.5. The summed E-state index contributed by atoms with van der Waals surface area (Å²) in [4.78, 5) is 29.4. The fourth-order valence-corrected chi connectivity index (χ4v) is 1.12. The van der Waals surface area contributed by atoms with Gasteiger partial charge >= 0.3 is 5.97 Å². The van der Waals surface area contributed by atoms with Gasteiger partial charge in [0.25, 0.3) is 5.91 Å². The molecule has 0 unspecified atom stereocenters. The Morgan fingerprint density at radius 3 is 2.35 bits per heavy atom. The van der Waals surface area contributed by atoms with E-state index < -0.39 is 5.97 Å². The Kier molecular flexibility index (Phi) is 4.56. The van der Waals surface area contributed by atoms with Crippen LogP contribution in [0.1, 0.15) is 41.2 Å². The van der Waals surface area contributed by atoms with Crippen LogP contribution in [0.15, 0.2) is 12.4 Å². The van der Waals surface area contributed by atoms with E-state index in [0.717, 1.165) is 18.8 Å². The molecule has 2 N–H and O–H groups in total. The molecule has 0 fully saturated rings. The van der Waals surface area contributed by atoms with Crippen LogP contribution in [0.4, 0.5) is 0 Å². The molecule has 0 saturated heterocycles. The second-order valence-corrected chi connectivity index (χ2v) is 4.03. The fraction of sp³-hybridized carbons (Fsp3) is 0.455. The molecule has 1 aromatic rings. The van der Waals surface area contributed by atoms with Gasteiger partial charge in [-0.15, -0.1) is 0 Å². The van der Waals surface area contributed by atoms with Crippen LogP contribution in [0.2, 0.25) is 0 Å². The number of nitrogens with zero attached hydrogens (tertiary/aromatic N) is 2. The highest BCUT2D eigenvalue weighted by atomic mass is 16.4. The predicted octanol–water partition coefficient (Wildman–Crippen LogP) is 0.951. The fourth-order valence-electron chi connectivity index (χ4n) is 1.12. The number of carbonyl (C=O) groups is 2. The standard InChI is InChI=1S/C11H15N3O3/c1-7(2)3-4-12-10(15)8-5-14-9(6-13-8)11(16)17/h5-7H,3-4H2,1-2H3,(H,12,15)(H,16,17). The lowest BCUT2D eigenvalue weighted by atomic mass is 10.1. The highest BCUT2D eigenvalue weighted by Gasteiger charge is 2.10. The second-order valence-electron chi connectivity index (χ2n) is 4.03. The number of carboxylic acid groups (broad SMARTS) is 1. The third-order valence-corrected chi connectivity index (χ3v) is 2.11. The van der Waals surface area contributed by atoms with Crippen molar-refractivity contribution in [2.45, 2.75) is 20.3 Å². The molecule has 0 aliphatic carbocycles. The lowest BCUT2D eigenvalue weighted by molar-refractivity contribution is 0.0689. The Bertz CT molecular complexity index is 401. The summed E-state index contributed by atoms with van der Waals surface area (Å²) >= 11 is 0. The zero-order valence-electron chi connectivity index (χ0n) is 9.80. The molecule has 6 heteroatoms. The van der Waals surface area contributed by atoms with Crippen molar-refractivity contribution < 1.29 is 14.7 Å². The smallest absolute Gasteiger partial charge is 0.356 e. The largest absolute Gasteiger partial charge is 0.476 e. The lowest BCUT2D eigenvalue weighted by Gasteiger charge is -2.06. The minimum Gasteiger partial charge on any atom is -0.476 e. The minimum absolute atomic E-state index is 0.124. The summed E-state index contributed by atoms with van der Waals surface area (Å²) in [6.07, 6.45) is 3.11. The highest BCUT2D eigenvalue weighted by Crippen LogP contribution is 1.98. The second kappa shape index (κ2) is 5.93. The van der Waals surface area contributed by atoms with Crippen LogP contribution in [0.3, 0.4) is 0 Å². The molecule has 17 heavy (non-hydrogen) atoms. The molecule has 0 aliphatic heterocycles. The van der Waals surface area contributed by atoms with Gasteiger partial charge in [-0.05, 0) is 12.3 Å². The summed E-state index contributed by atoms with van der Waals surface area (Å²) in [6, 6.07) is 0. The maximum absolute atomic E-state index is 11.5. The lowest BCUT2D eigenvalue weighted by Crippen LogP contribution is -2.26. The normalized spacial score (nSPS) is 10.3. The minimum atomic E-state index is -1.16. The van der Waals surface area contributed by atoms with E-state index in [1.54, 1.807) is 0 Å². The van der Waals surface area contributed by atoms with Gasteiger partial charge in [-0.3, -0.25) is 4.79 Å². The Balaban J connectivity index is 2.55. The van der Waals surface area contributed by atoms with Crippen LogP contribution in [-0.2, 0) is 0 Å². The van der Waals surface area contributed by atoms with Crippen molar-refractivity contribution in [2.24, 2.45) is 5.92 Å². The van der Waals surface area contributed by atoms with Crippen molar-refractivity contribution in [3.05, 3.63) is 23.8 Å². The Labute approximate surface area is 99.1 Å². The summed E-state index contributed by atoms with van der Waals surface area (Å²) in [7, 11) is 0. The zero-order chi connectivity index (χ0) is 12.8. The average Bonchev–Trinajstić information content (AvgIpc) is 2.28. The summed E-state index contributed by atoms with van der Waals surface area (Å²) in [5.74, 6) is -0.991. The van der Waals surface area contributed by atoms with E-state index >= 15 is 0 Å². The van der Waals surface area contributed by atoms with Crippen LogP contribution < -0.4 is 5.32 Å². The number of rotatable bonds is 5. The number of carbonyl (C=O) groups excluding carboxylic acids is 1. The summed E-state index contributed by atoms with van der Waals surface area (Å²) in [6.45, 7) is 4.69. The molecule has 0 bridgehead atoms. The number of amides is 1. The molecular weight excluding hydrogens is 222 g/mol.